The van der Waals surface area contributed by atoms with Crippen molar-refractivity contribution in [2.24, 2.45) is 0 Å². The van der Waals surface area contributed by atoms with Crippen molar-refractivity contribution in [3.8, 4) is 0 Å². The summed E-state index contributed by atoms with van der Waals surface area (Å²) >= 11 is 9.41. The van der Waals surface area contributed by atoms with Crippen molar-refractivity contribution in [1.82, 2.24) is 9.78 Å². The highest BCUT2D eigenvalue weighted by Gasteiger charge is 2.13. The zero-order valence-corrected chi connectivity index (χ0v) is 12.9. The van der Waals surface area contributed by atoms with Crippen molar-refractivity contribution in [2.45, 2.75) is 31.6 Å². The topological polar surface area (TPSA) is 17.8 Å². The minimum atomic E-state index is 0.465. The molecular formula is C14H16BrClN2. The van der Waals surface area contributed by atoms with E-state index in [4.69, 9.17) is 11.6 Å². The summed E-state index contributed by atoms with van der Waals surface area (Å²) in [5.74, 6) is 0.465. The standard InChI is InChI=1S/C14H16BrClN2/c1-10(2)14-12(7-15)8-17-18(14)9-11-3-5-13(16)6-4-11/h3-6,8,10H,7,9H2,1-2H3. The van der Waals surface area contributed by atoms with Gasteiger partial charge in [-0.1, -0.05) is 53.5 Å². The van der Waals surface area contributed by atoms with Gasteiger partial charge in [0.1, 0.15) is 0 Å². The Morgan fingerprint density at radius 3 is 2.50 bits per heavy atom. The van der Waals surface area contributed by atoms with Gasteiger partial charge < -0.3 is 0 Å². The quantitative estimate of drug-likeness (QED) is 0.750. The van der Waals surface area contributed by atoms with E-state index < -0.39 is 0 Å². The summed E-state index contributed by atoms with van der Waals surface area (Å²) < 4.78 is 2.07. The first-order chi connectivity index (χ1) is 8.61. The third-order valence-corrected chi connectivity index (χ3v) is 3.75. The third-order valence-electron chi connectivity index (χ3n) is 2.90. The number of nitrogens with zero attached hydrogens (tertiary/aromatic N) is 2. The highest BCUT2D eigenvalue weighted by Crippen LogP contribution is 2.22. The van der Waals surface area contributed by atoms with E-state index in [9.17, 15) is 0 Å². The molecule has 18 heavy (non-hydrogen) atoms. The van der Waals surface area contributed by atoms with Crippen LogP contribution in [0.4, 0.5) is 0 Å². The molecule has 0 aliphatic rings. The van der Waals surface area contributed by atoms with Crippen LogP contribution >= 0.6 is 27.5 Å². The predicted molar refractivity (Wildman–Crippen MR) is 79.5 cm³/mol. The summed E-state index contributed by atoms with van der Waals surface area (Å²) in [6.45, 7) is 5.18. The first-order valence-electron chi connectivity index (χ1n) is 5.96. The Hall–Kier alpha value is -0.800. The fourth-order valence-electron chi connectivity index (χ4n) is 2.09. The minimum absolute atomic E-state index is 0.465. The average Bonchev–Trinajstić information content (AvgIpc) is 2.75. The van der Waals surface area contributed by atoms with Crippen molar-refractivity contribution in [2.75, 3.05) is 0 Å². The molecule has 0 unspecified atom stereocenters. The zero-order chi connectivity index (χ0) is 13.1. The first kappa shape index (κ1) is 13.6. The molecule has 0 bridgehead atoms. The molecule has 0 atom stereocenters. The lowest BCUT2D eigenvalue weighted by molar-refractivity contribution is 0.615. The van der Waals surface area contributed by atoms with Gasteiger partial charge in [-0.3, -0.25) is 4.68 Å². The molecule has 0 spiro atoms. The molecule has 0 radical (unpaired) electrons. The largest absolute Gasteiger partial charge is 0.265 e. The molecule has 0 N–H and O–H groups in total. The maximum atomic E-state index is 5.89. The highest BCUT2D eigenvalue weighted by atomic mass is 79.9. The van der Waals surface area contributed by atoms with E-state index in [2.05, 4.69) is 39.6 Å². The molecule has 2 rings (SSSR count). The van der Waals surface area contributed by atoms with E-state index in [1.165, 1.54) is 16.8 Å². The number of benzene rings is 1. The molecule has 0 aliphatic heterocycles. The van der Waals surface area contributed by atoms with Crippen LogP contribution in [-0.2, 0) is 11.9 Å². The Bertz CT molecular complexity index is 517. The second kappa shape index (κ2) is 5.89. The Kier molecular flexibility index (Phi) is 4.46. The molecule has 96 valence electrons. The summed E-state index contributed by atoms with van der Waals surface area (Å²) in [5.41, 5.74) is 3.77. The van der Waals surface area contributed by atoms with E-state index in [0.29, 0.717) is 5.92 Å². The van der Waals surface area contributed by atoms with Gasteiger partial charge in [-0.05, 0) is 23.6 Å². The molecule has 0 amide bonds. The Balaban J connectivity index is 2.28. The Morgan fingerprint density at radius 2 is 1.94 bits per heavy atom. The predicted octanol–water partition coefficient (Wildman–Crippen LogP) is 4.60. The number of alkyl halides is 1. The second-order valence-corrected chi connectivity index (χ2v) is 5.62. The van der Waals surface area contributed by atoms with E-state index in [1.54, 1.807) is 0 Å². The lowest BCUT2D eigenvalue weighted by Gasteiger charge is -2.12. The molecule has 0 saturated carbocycles. The number of halogens is 2. The molecule has 1 aromatic carbocycles. The molecule has 1 aromatic heterocycles. The molecule has 0 saturated heterocycles. The third kappa shape index (κ3) is 2.96. The van der Waals surface area contributed by atoms with Crippen molar-refractivity contribution < 1.29 is 0 Å². The number of hydrogen-bond acceptors (Lipinski definition) is 1. The van der Waals surface area contributed by atoms with Crippen LogP contribution in [0.5, 0.6) is 0 Å². The number of rotatable bonds is 4. The molecule has 0 aliphatic carbocycles. The molecular weight excluding hydrogens is 312 g/mol. The molecule has 2 aromatic rings. The van der Waals surface area contributed by atoms with Gasteiger partial charge in [0.05, 0.1) is 12.7 Å². The summed E-state index contributed by atoms with van der Waals surface area (Å²) in [6.07, 6.45) is 1.94. The summed E-state index contributed by atoms with van der Waals surface area (Å²) in [6, 6.07) is 7.92. The van der Waals surface area contributed by atoms with Crippen LogP contribution < -0.4 is 0 Å². The average molecular weight is 328 g/mol. The van der Waals surface area contributed by atoms with E-state index >= 15 is 0 Å². The Labute approximate surface area is 121 Å². The van der Waals surface area contributed by atoms with Crippen LogP contribution in [0.25, 0.3) is 0 Å². The van der Waals surface area contributed by atoms with Gasteiger partial charge in [0.25, 0.3) is 0 Å². The highest BCUT2D eigenvalue weighted by molar-refractivity contribution is 9.08. The molecule has 4 heteroatoms. The maximum absolute atomic E-state index is 5.89. The van der Waals surface area contributed by atoms with Crippen LogP contribution in [0, 0.1) is 0 Å². The van der Waals surface area contributed by atoms with Crippen LogP contribution in [0.1, 0.15) is 36.6 Å². The van der Waals surface area contributed by atoms with Gasteiger partial charge in [-0.15, -0.1) is 0 Å². The Morgan fingerprint density at radius 1 is 1.28 bits per heavy atom. The molecule has 2 nitrogen and oxygen atoms in total. The van der Waals surface area contributed by atoms with Crippen LogP contribution in [0.3, 0.4) is 0 Å². The molecule has 0 fully saturated rings. The first-order valence-corrected chi connectivity index (χ1v) is 7.46. The van der Waals surface area contributed by atoms with E-state index in [-0.39, 0.29) is 0 Å². The van der Waals surface area contributed by atoms with Crippen LogP contribution in [0.2, 0.25) is 5.02 Å². The summed E-state index contributed by atoms with van der Waals surface area (Å²) in [4.78, 5) is 0. The number of hydrogen-bond donors (Lipinski definition) is 0. The van der Waals surface area contributed by atoms with Gasteiger partial charge in [0, 0.05) is 21.6 Å². The smallest absolute Gasteiger partial charge is 0.0662 e. The minimum Gasteiger partial charge on any atom is -0.265 e. The maximum Gasteiger partial charge on any atom is 0.0662 e. The van der Waals surface area contributed by atoms with Crippen molar-refractivity contribution >= 4 is 27.5 Å². The monoisotopic (exact) mass is 326 g/mol. The van der Waals surface area contributed by atoms with Gasteiger partial charge in [0.15, 0.2) is 0 Å². The zero-order valence-electron chi connectivity index (χ0n) is 10.5. The van der Waals surface area contributed by atoms with Crippen LogP contribution in [-0.4, -0.2) is 9.78 Å². The normalized spacial score (nSPS) is 11.2. The summed E-state index contributed by atoms with van der Waals surface area (Å²) in [7, 11) is 0. The van der Waals surface area contributed by atoms with Gasteiger partial charge in [0.2, 0.25) is 0 Å². The van der Waals surface area contributed by atoms with Gasteiger partial charge in [-0.25, -0.2) is 0 Å². The number of aromatic nitrogens is 2. The van der Waals surface area contributed by atoms with E-state index in [1.807, 2.05) is 30.5 Å². The van der Waals surface area contributed by atoms with Gasteiger partial charge in [-0.2, -0.15) is 5.10 Å². The fraction of sp³-hybridized carbons (Fsp3) is 0.357. The van der Waals surface area contributed by atoms with Gasteiger partial charge >= 0.3 is 0 Å². The lowest BCUT2D eigenvalue weighted by Crippen LogP contribution is -2.08. The van der Waals surface area contributed by atoms with Crippen LogP contribution in [0.15, 0.2) is 30.5 Å². The van der Waals surface area contributed by atoms with E-state index in [0.717, 1.165) is 16.9 Å². The second-order valence-electron chi connectivity index (χ2n) is 4.63. The summed E-state index contributed by atoms with van der Waals surface area (Å²) in [5, 5.41) is 6.10. The SMILES string of the molecule is CC(C)c1c(CBr)cnn1Cc1ccc(Cl)cc1. The lowest BCUT2D eigenvalue weighted by atomic mass is 10.1. The van der Waals surface area contributed by atoms with Crippen molar-refractivity contribution in [1.29, 1.82) is 0 Å². The molecule has 1 heterocycles. The van der Waals surface area contributed by atoms with Crippen molar-refractivity contribution in [3.63, 3.8) is 0 Å². The fourth-order valence-corrected chi connectivity index (χ4v) is 2.65. The van der Waals surface area contributed by atoms with Crippen molar-refractivity contribution in [3.05, 3.63) is 52.3 Å².